The van der Waals surface area contributed by atoms with Gasteiger partial charge in [0.25, 0.3) is 0 Å². The molecule has 0 amide bonds. The second kappa shape index (κ2) is 3.56. The van der Waals surface area contributed by atoms with Crippen molar-refractivity contribution in [1.82, 2.24) is 0 Å². The smallest absolute Gasteiger partial charge is 0.305 e. The van der Waals surface area contributed by atoms with E-state index in [1.807, 2.05) is 13.8 Å². The molecule has 0 bridgehead atoms. The van der Waals surface area contributed by atoms with Crippen molar-refractivity contribution >= 4 is 11.9 Å². The van der Waals surface area contributed by atoms with Crippen LogP contribution in [0.2, 0.25) is 0 Å². The van der Waals surface area contributed by atoms with Crippen LogP contribution in [0.1, 0.15) is 20.3 Å². The summed E-state index contributed by atoms with van der Waals surface area (Å²) < 4.78 is 5.21. The van der Waals surface area contributed by atoms with Crippen LogP contribution in [0.15, 0.2) is 4.99 Å². The fourth-order valence-corrected chi connectivity index (χ4v) is 1.06. The molecule has 68 valence electrons. The van der Waals surface area contributed by atoms with Crippen LogP contribution in [0.3, 0.4) is 0 Å². The maximum Gasteiger partial charge on any atom is 0.305 e. The van der Waals surface area contributed by atoms with Crippen LogP contribution in [0.5, 0.6) is 0 Å². The zero-order valence-corrected chi connectivity index (χ0v) is 7.28. The standard InChI is InChI=1S/C8H13NO3/c1-5(2)8-9-6(4-12-8)3-7(10)11/h5-6H,3-4H2,1-2H3,(H,10,11). The number of hydrogen-bond acceptors (Lipinski definition) is 3. The van der Waals surface area contributed by atoms with E-state index in [4.69, 9.17) is 9.84 Å². The number of rotatable bonds is 3. The lowest BCUT2D eigenvalue weighted by Crippen LogP contribution is -2.12. The molecule has 1 aliphatic heterocycles. The van der Waals surface area contributed by atoms with Gasteiger partial charge in [0.2, 0.25) is 0 Å². The van der Waals surface area contributed by atoms with Crippen molar-refractivity contribution in [3.05, 3.63) is 0 Å². The van der Waals surface area contributed by atoms with Crippen LogP contribution in [0, 0.1) is 5.92 Å². The molecule has 1 N–H and O–H groups in total. The Bertz CT molecular complexity index is 210. The summed E-state index contributed by atoms with van der Waals surface area (Å²) in [5, 5.41) is 8.47. The SMILES string of the molecule is CC(C)C1=NC(CC(=O)O)CO1. The molecule has 0 aliphatic carbocycles. The first-order valence-corrected chi connectivity index (χ1v) is 4.02. The largest absolute Gasteiger partial charge is 0.481 e. The van der Waals surface area contributed by atoms with Crippen molar-refractivity contribution < 1.29 is 14.6 Å². The third kappa shape index (κ3) is 2.22. The van der Waals surface area contributed by atoms with Gasteiger partial charge in [0, 0.05) is 5.92 Å². The number of carboxylic acids is 1. The minimum Gasteiger partial charge on any atom is -0.481 e. The molecular weight excluding hydrogens is 158 g/mol. The minimum absolute atomic E-state index is 0.0657. The zero-order chi connectivity index (χ0) is 9.14. The van der Waals surface area contributed by atoms with E-state index in [0.29, 0.717) is 12.5 Å². The first-order valence-electron chi connectivity index (χ1n) is 4.02. The summed E-state index contributed by atoms with van der Waals surface area (Å²) in [6.45, 7) is 4.36. The van der Waals surface area contributed by atoms with Crippen molar-refractivity contribution in [2.75, 3.05) is 6.61 Å². The van der Waals surface area contributed by atoms with Gasteiger partial charge in [0.15, 0.2) is 5.90 Å². The van der Waals surface area contributed by atoms with Crippen LogP contribution < -0.4 is 0 Å². The third-order valence-corrected chi connectivity index (χ3v) is 1.64. The summed E-state index contributed by atoms with van der Waals surface area (Å²) in [4.78, 5) is 14.4. The van der Waals surface area contributed by atoms with E-state index in [-0.39, 0.29) is 18.4 Å². The lowest BCUT2D eigenvalue weighted by atomic mass is 10.2. The predicted octanol–water partition coefficient (Wildman–Crippen LogP) is 0.914. The van der Waals surface area contributed by atoms with E-state index in [1.54, 1.807) is 0 Å². The quantitative estimate of drug-likeness (QED) is 0.686. The molecular formula is C8H13NO3. The molecule has 0 aromatic carbocycles. The second-order valence-electron chi connectivity index (χ2n) is 3.18. The van der Waals surface area contributed by atoms with Crippen LogP contribution in [0.25, 0.3) is 0 Å². The lowest BCUT2D eigenvalue weighted by Gasteiger charge is -2.02. The maximum atomic E-state index is 10.3. The van der Waals surface area contributed by atoms with Gasteiger partial charge < -0.3 is 9.84 Å². The van der Waals surface area contributed by atoms with Gasteiger partial charge in [-0.05, 0) is 0 Å². The Balaban J connectivity index is 2.47. The van der Waals surface area contributed by atoms with Gasteiger partial charge in [-0.25, -0.2) is 4.99 Å². The number of ether oxygens (including phenoxy) is 1. The van der Waals surface area contributed by atoms with E-state index in [1.165, 1.54) is 0 Å². The number of carbonyl (C=O) groups is 1. The van der Waals surface area contributed by atoms with E-state index in [9.17, 15) is 4.79 Å². The summed E-state index contributed by atoms with van der Waals surface area (Å²) in [5.41, 5.74) is 0. The summed E-state index contributed by atoms with van der Waals surface area (Å²) >= 11 is 0. The Morgan fingerprint density at radius 2 is 2.50 bits per heavy atom. The molecule has 1 rings (SSSR count). The molecule has 0 fully saturated rings. The molecule has 4 heteroatoms. The summed E-state index contributed by atoms with van der Waals surface area (Å²) in [6.07, 6.45) is 0.0657. The fourth-order valence-electron chi connectivity index (χ4n) is 1.06. The Kier molecular flexibility index (Phi) is 2.68. The molecule has 1 aliphatic rings. The number of aliphatic carboxylic acids is 1. The summed E-state index contributed by atoms with van der Waals surface area (Å²) in [6, 6.07) is -0.181. The highest BCUT2D eigenvalue weighted by atomic mass is 16.5. The summed E-state index contributed by atoms with van der Waals surface area (Å²) in [5.74, 6) is 0.113. The zero-order valence-electron chi connectivity index (χ0n) is 7.28. The minimum atomic E-state index is -0.822. The number of aliphatic imine (C=N–C) groups is 1. The molecule has 0 aromatic heterocycles. The van der Waals surface area contributed by atoms with Gasteiger partial charge >= 0.3 is 5.97 Å². The monoisotopic (exact) mass is 171 g/mol. The maximum absolute atomic E-state index is 10.3. The van der Waals surface area contributed by atoms with Crippen molar-refractivity contribution in [3.8, 4) is 0 Å². The van der Waals surface area contributed by atoms with Crippen LogP contribution in [-0.2, 0) is 9.53 Å². The molecule has 12 heavy (non-hydrogen) atoms. The van der Waals surface area contributed by atoms with Gasteiger partial charge in [0.05, 0.1) is 12.5 Å². The van der Waals surface area contributed by atoms with Crippen molar-refractivity contribution in [2.24, 2.45) is 10.9 Å². The molecule has 0 saturated carbocycles. The van der Waals surface area contributed by atoms with Gasteiger partial charge in [-0.1, -0.05) is 13.8 Å². The van der Waals surface area contributed by atoms with Gasteiger partial charge in [0.1, 0.15) is 6.61 Å². The van der Waals surface area contributed by atoms with E-state index in [2.05, 4.69) is 4.99 Å². The van der Waals surface area contributed by atoms with Crippen molar-refractivity contribution in [3.63, 3.8) is 0 Å². The number of hydrogen-bond donors (Lipinski definition) is 1. The van der Waals surface area contributed by atoms with Crippen LogP contribution in [0.4, 0.5) is 0 Å². The first-order chi connectivity index (χ1) is 5.59. The highest BCUT2D eigenvalue weighted by Gasteiger charge is 2.22. The van der Waals surface area contributed by atoms with Crippen LogP contribution in [-0.4, -0.2) is 29.6 Å². The number of nitrogens with zero attached hydrogens (tertiary/aromatic N) is 1. The molecule has 4 nitrogen and oxygen atoms in total. The van der Waals surface area contributed by atoms with Gasteiger partial charge in [-0.15, -0.1) is 0 Å². The van der Waals surface area contributed by atoms with Crippen LogP contribution >= 0.6 is 0 Å². The molecule has 0 aromatic rings. The Morgan fingerprint density at radius 1 is 1.83 bits per heavy atom. The third-order valence-electron chi connectivity index (χ3n) is 1.64. The molecule has 1 heterocycles. The number of carboxylic acid groups (broad SMARTS) is 1. The van der Waals surface area contributed by atoms with Gasteiger partial charge in [-0.3, -0.25) is 4.79 Å². The van der Waals surface area contributed by atoms with Gasteiger partial charge in [-0.2, -0.15) is 0 Å². The van der Waals surface area contributed by atoms with E-state index in [0.717, 1.165) is 0 Å². The molecule has 1 unspecified atom stereocenters. The second-order valence-corrected chi connectivity index (χ2v) is 3.18. The predicted molar refractivity (Wildman–Crippen MR) is 44.3 cm³/mol. The Labute approximate surface area is 71.3 Å². The normalized spacial score (nSPS) is 22.2. The lowest BCUT2D eigenvalue weighted by molar-refractivity contribution is -0.137. The Hall–Kier alpha value is -1.06. The van der Waals surface area contributed by atoms with E-state index >= 15 is 0 Å². The highest BCUT2D eigenvalue weighted by Crippen LogP contribution is 2.13. The molecule has 0 radical (unpaired) electrons. The van der Waals surface area contributed by atoms with Crippen molar-refractivity contribution in [1.29, 1.82) is 0 Å². The Morgan fingerprint density at radius 3 is 2.92 bits per heavy atom. The topological polar surface area (TPSA) is 58.9 Å². The average Bonchev–Trinajstić information content (AvgIpc) is 2.34. The highest BCUT2D eigenvalue weighted by molar-refractivity contribution is 5.80. The molecule has 1 atom stereocenters. The summed E-state index contributed by atoms with van der Waals surface area (Å²) in [7, 11) is 0. The van der Waals surface area contributed by atoms with E-state index < -0.39 is 5.97 Å². The average molecular weight is 171 g/mol. The fraction of sp³-hybridized carbons (Fsp3) is 0.750. The molecule has 0 spiro atoms. The van der Waals surface area contributed by atoms with Crippen molar-refractivity contribution in [2.45, 2.75) is 26.3 Å². The molecule has 0 saturated heterocycles. The first kappa shape index (κ1) is 9.03.